The summed E-state index contributed by atoms with van der Waals surface area (Å²) in [5, 5.41) is 3.23. The third-order valence-electron chi connectivity index (χ3n) is 3.56. The summed E-state index contributed by atoms with van der Waals surface area (Å²) < 4.78 is 0. The number of nitrogens with one attached hydrogen (secondary N) is 1. The molecule has 1 atom stereocenters. The molecule has 1 aromatic heterocycles. The van der Waals surface area contributed by atoms with Gasteiger partial charge in [-0.15, -0.1) is 0 Å². The number of hydrogen-bond donors (Lipinski definition) is 1. The summed E-state index contributed by atoms with van der Waals surface area (Å²) in [6.07, 6.45) is 4.19. The Kier molecular flexibility index (Phi) is 4.58. The predicted molar refractivity (Wildman–Crippen MR) is 75.4 cm³/mol. The molecule has 1 aliphatic heterocycles. The van der Waals surface area contributed by atoms with Crippen LogP contribution in [-0.4, -0.2) is 36.0 Å². The predicted octanol–water partition coefficient (Wildman–Crippen LogP) is 1.65. The van der Waals surface area contributed by atoms with Crippen LogP contribution in [0.15, 0.2) is 6.33 Å². The molecule has 1 unspecified atom stereocenters. The highest BCUT2D eigenvalue weighted by atomic mass is 35.5. The Bertz CT molecular complexity index is 466. The third kappa shape index (κ3) is 2.97. The van der Waals surface area contributed by atoms with Gasteiger partial charge in [0.25, 0.3) is 0 Å². The first-order chi connectivity index (χ1) is 9.17. The largest absolute Gasteiger partial charge is 0.359 e. The molecule has 2 heterocycles. The number of rotatable bonds is 3. The average molecular weight is 283 g/mol. The van der Waals surface area contributed by atoms with Crippen molar-refractivity contribution in [1.82, 2.24) is 15.3 Å². The molecule has 0 spiro atoms. The molecule has 1 fully saturated rings. The number of anilines is 1. The first-order valence-electron chi connectivity index (χ1n) is 6.63. The molecule has 5 nitrogen and oxygen atoms in total. The van der Waals surface area contributed by atoms with Gasteiger partial charge in [0.2, 0.25) is 5.91 Å². The second-order valence-electron chi connectivity index (χ2n) is 4.72. The van der Waals surface area contributed by atoms with Crippen molar-refractivity contribution >= 4 is 23.3 Å². The van der Waals surface area contributed by atoms with Crippen molar-refractivity contribution in [3.8, 4) is 0 Å². The molecule has 2 rings (SSSR count). The zero-order valence-electron chi connectivity index (χ0n) is 11.3. The second kappa shape index (κ2) is 6.19. The Morgan fingerprint density at radius 3 is 3.05 bits per heavy atom. The molecule has 0 aromatic carbocycles. The van der Waals surface area contributed by atoms with E-state index in [0.717, 1.165) is 37.2 Å². The van der Waals surface area contributed by atoms with Crippen LogP contribution in [0.4, 0.5) is 5.82 Å². The van der Waals surface area contributed by atoms with Crippen LogP contribution in [0.2, 0.25) is 5.15 Å². The zero-order valence-corrected chi connectivity index (χ0v) is 12.1. The van der Waals surface area contributed by atoms with E-state index in [2.05, 4.69) is 20.2 Å². The summed E-state index contributed by atoms with van der Waals surface area (Å²) in [5.74, 6) is 0.996. The van der Waals surface area contributed by atoms with Crippen molar-refractivity contribution in [2.24, 2.45) is 5.92 Å². The van der Waals surface area contributed by atoms with Crippen molar-refractivity contribution in [3.63, 3.8) is 0 Å². The standard InChI is InChI=1S/C13H19ClN4O/c1-3-10-11(14)16-8-17-12(10)18-6-4-5-9(7-18)13(19)15-2/h8-9H,3-7H2,1-2H3,(H,15,19). The van der Waals surface area contributed by atoms with E-state index in [1.54, 1.807) is 7.05 Å². The summed E-state index contributed by atoms with van der Waals surface area (Å²) in [6, 6.07) is 0. The van der Waals surface area contributed by atoms with Gasteiger partial charge in [-0.2, -0.15) is 0 Å². The second-order valence-corrected chi connectivity index (χ2v) is 5.08. The summed E-state index contributed by atoms with van der Waals surface area (Å²) >= 11 is 6.12. The lowest BCUT2D eigenvalue weighted by Crippen LogP contribution is -2.42. The number of carbonyl (C=O) groups excluding carboxylic acids is 1. The molecular weight excluding hydrogens is 264 g/mol. The van der Waals surface area contributed by atoms with Gasteiger partial charge in [0.15, 0.2) is 0 Å². The third-order valence-corrected chi connectivity index (χ3v) is 3.89. The van der Waals surface area contributed by atoms with E-state index in [-0.39, 0.29) is 11.8 Å². The molecule has 1 saturated heterocycles. The Morgan fingerprint density at radius 2 is 2.37 bits per heavy atom. The smallest absolute Gasteiger partial charge is 0.224 e. The van der Waals surface area contributed by atoms with Gasteiger partial charge in [0, 0.05) is 25.7 Å². The number of carbonyl (C=O) groups is 1. The lowest BCUT2D eigenvalue weighted by molar-refractivity contribution is -0.124. The van der Waals surface area contributed by atoms with Gasteiger partial charge in [-0.25, -0.2) is 9.97 Å². The molecule has 0 saturated carbocycles. The maximum absolute atomic E-state index is 11.8. The molecule has 1 amide bonds. The first kappa shape index (κ1) is 14.1. The molecule has 0 radical (unpaired) electrons. The van der Waals surface area contributed by atoms with Gasteiger partial charge in [0.1, 0.15) is 17.3 Å². The van der Waals surface area contributed by atoms with Crippen LogP contribution >= 0.6 is 11.6 Å². The summed E-state index contributed by atoms with van der Waals surface area (Å²) in [5.41, 5.74) is 0.960. The lowest BCUT2D eigenvalue weighted by atomic mass is 9.97. The normalized spacial score (nSPS) is 19.3. The average Bonchev–Trinajstić information content (AvgIpc) is 2.46. The first-order valence-corrected chi connectivity index (χ1v) is 7.01. The van der Waals surface area contributed by atoms with E-state index in [1.165, 1.54) is 6.33 Å². The fraction of sp³-hybridized carbons (Fsp3) is 0.615. The number of nitrogens with zero attached hydrogens (tertiary/aromatic N) is 3. The van der Waals surface area contributed by atoms with E-state index in [4.69, 9.17) is 11.6 Å². The molecule has 1 aliphatic rings. The molecule has 6 heteroatoms. The van der Waals surface area contributed by atoms with Gasteiger partial charge >= 0.3 is 0 Å². The minimum absolute atomic E-state index is 0.0252. The Labute approximate surface area is 118 Å². The number of aromatic nitrogens is 2. The van der Waals surface area contributed by atoms with Gasteiger partial charge in [0.05, 0.1) is 5.92 Å². The number of amides is 1. The Balaban J connectivity index is 2.22. The zero-order chi connectivity index (χ0) is 13.8. The van der Waals surface area contributed by atoms with Gasteiger partial charge in [-0.05, 0) is 19.3 Å². The summed E-state index contributed by atoms with van der Waals surface area (Å²) in [7, 11) is 1.68. The van der Waals surface area contributed by atoms with Gasteiger partial charge in [-0.3, -0.25) is 4.79 Å². The van der Waals surface area contributed by atoms with Crippen molar-refractivity contribution in [3.05, 3.63) is 17.0 Å². The van der Waals surface area contributed by atoms with Crippen LogP contribution in [0.25, 0.3) is 0 Å². The summed E-state index contributed by atoms with van der Waals surface area (Å²) in [6.45, 7) is 3.64. The minimum Gasteiger partial charge on any atom is -0.359 e. The Morgan fingerprint density at radius 1 is 1.58 bits per heavy atom. The van der Waals surface area contributed by atoms with Gasteiger partial charge in [-0.1, -0.05) is 18.5 Å². The fourth-order valence-electron chi connectivity index (χ4n) is 2.55. The molecule has 19 heavy (non-hydrogen) atoms. The van der Waals surface area contributed by atoms with E-state index >= 15 is 0 Å². The highest BCUT2D eigenvalue weighted by molar-refractivity contribution is 6.30. The van der Waals surface area contributed by atoms with E-state index < -0.39 is 0 Å². The molecule has 0 aliphatic carbocycles. The van der Waals surface area contributed by atoms with Crippen LogP contribution < -0.4 is 10.2 Å². The van der Waals surface area contributed by atoms with Crippen molar-refractivity contribution in [2.45, 2.75) is 26.2 Å². The minimum atomic E-state index is 0.0252. The number of hydrogen-bond acceptors (Lipinski definition) is 4. The topological polar surface area (TPSA) is 58.1 Å². The van der Waals surface area contributed by atoms with Gasteiger partial charge < -0.3 is 10.2 Å². The van der Waals surface area contributed by atoms with Crippen LogP contribution in [0.5, 0.6) is 0 Å². The van der Waals surface area contributed by atoms with Crippen LogP contribution in [0.1, 0.15) is 25.3 Å². The maximum Gasteiger partial charge on any atom is 0.224 e. The molecule has 1 aromatic rings. The molecule has 104 valence electrons. The molecular formula is C13H19ClN4O. The fourth-order valence-corrected chi connectivity index (χ4v) is 2.81. The highest BCUT2D eigenvalue weighted by Gasteiger charge is 2.27. The number of halogens is 1. The van der Waals surface area contributed by atoms with E-state index in [0.29, 0.717) is 11.7 Å². The summed E-state index contributed by atoms with van der Waals surface area (Å²) in [4.78, 5) is 22.3. The van der Waals surface area contributed by atoms with Crippen LogP contribution in [-0.2, 0) is 11.2 Å². The highest BCUT2D eigenvalue weighted by Crippen LogP contribution is 2.28. The van der Waals surface area contributed by atoms with Crippen molar-refractivity contribution < 1.29 is 4.79 Å². The SMILES string of the molecule is CCc1c(Cl)ncnc1N1CCCC(C(=O)NC)C1. The molecule has 0 bridgehead atoms. The number of piperidine rings is 1. The van der Waals surface area contributed by atoms with E-state index in [9.17, 15) is 4.79 Å². The molecule has 1 N–H and O–H groups in total. The van der Waals surface area contributed by atoms with E-state index in [1.807, 2.05) is 6.92 Å². The lowest BCUT2D eigenvalue weighted by Gasteiger charge is -2.33. The quantitative estimate of drug-likeness (QED) is 0.857. The monoisotopic (exact) mass is 282 g/mol. The van der Waals surface area contributed by atoms with Crippen molar-refractivity contribution in [2.75, 3.05) is 25.0 Å². The maximum atomic E-state index is 11.8. The Hall–Kier alpha value is -1.36. The van der Waals surface area contributed by atoms with Crippen molar-refractivity contribution in [1.29, 1.82) is 0 Å². The van der Waals surface area contributed by atoms with Crippen LogP contribution in [0.3, 0.4) is 0 Å². The van der Waals surface area contributed by atoms with Crippen LogP contribution in [0, 0.1) is 5.92 Å².